The molecule has 2 aromatic carbocycles. The molecule has 0 spiro atoms. The topological polar surface area (TPSA) is 58.6 Å². The second kappa shape index (κ2) is 10.5. The van der Waals surface area contributed by atoms with Crippen molar-refractivity contribution in [2.45, 2.75) is 57.6 Å². The first-order valence-electron chi connectivity index (χ1n) is 11.6. The molecule has 1 heterocycles. The van der Waals surface area contributed by atoms with Gasteiger partial charge >= 0.3 is 0 Å². The third-order valence-corrected chi connectivity index (χ3v) is 6.49. The van der Waals surface area contributed by atoms with E-state index in [4.69, 9.17) is 4.74 Å². The molecule has 0 unspecified atom stereocenters. The Balaban J connectivity index is 1.31. The number of piperidine rings is 1. The van der Waals surface area contributed by atoms with Gasteiger partial charge in [0.15, 0.2) is 0 Å². The first-order chi connectivity index (χ1) is 15.2. The van der Waals surface area contributed by atoms with Gasteiger partial charge in [0.2, 0.25) is 5.91 Å². The molecular weight excluding hydrogens is 388 g/mol. The van der Waals surface area contributed by atoms with Crippen molar-refractivity contribution in [1.29, 1.82) is 0 Å². The molecule has 5 nitrogen and oxygen atoms in total. The molecule has 2 amide bonds. The highest BCUT2D eigenvalue weighted by molar-refractivity contribution is 5.95. The van der Waals surface area contributed by atoms with Gasteiger partial charge in [-0.15, -0.1) is 0 Å². The second-order valence-corrected chi connectivity index (χ2v) is 8.67. The molecule has 0 radical (unpaired) electrons. The van der Waals surface area contributed by atoms with E-state index < -0.39 is 0 Å². The lowest BCUT2D eigenvalue weighted by atomic mass is 9.88. The van der Waals surface area contributed by atoms with Crippen LogP contribution in [0.1, 0.15) is 60.9 Å². The molecule has 2 aromatic rings. The summed E-state index contributed by atoms with van der Waals surface area (Å²) < 4.78 is 5.87. The van der Waals surface area contributed by atoms with Gasteiger partial charge in [-0.25, -0.2) is 0 Å². The van der Waals surface area contributed by atoms with Gasteiger partial charge in [-0.2, -0.15) is 0 Å². The zero-order valence-electron chi connectivity index (χ0n) is 18.1. The molecule has 164 valence electrons. The van der Waals surface area contributed by atoms with Crippen molar-refractivity contribution in [3.63, 3.8) is 0 Å². The van der Waals surface area contributed by atoms with Gasteiger partial charge in [0.1, 0.15) is 12.4 Å². The van der Waals surface area contributed by atoms with Gasteiger partial charge in [0.05, 0.1) is 0 Å². The summed E-state index contributed by atoms with van der Waals surface area (Å²) >= 11 is 0. The van der Waals surface area contributed by atoms with E-state index in [0.29, 0.717) is 25.3 Å². The van der Waals surface area contributed by atoms with E-state index in [-0.39, 0.29) is 23.8 Å². The highest BCUT2D eigenvalue weighted by Crippen LogP contribution is 2.25. The van der Waals surface area contributed by atoms with Crippen LogP contribution in [0.5, 0.6) is 5.75 Å². The van der Waals surface area contributed by atoms with Crippen molar-refractivity contribution < 1.29 is 14.3 Å². The highest BCUT2D eigenvalue weighted by atomic mass is 16.5. The van der Waals surface area contributed by atoms with E-state index in [1.165, 1.54) is 19.3 Å². The fraction of sp³-hybridized carbons (Fsp3) is 0.462. The summed E-state index contributed by atoms with van der Waals surface area (Å²) in [5.74, 6) is 1.24. The van der Waals surface area contributed by atoms with E-state index in [2.05, 4.69) is 5.32 Å². The van der Waals surface area contributed by atoms with Crippen LogP contribution in [0.25, 0.3) is 0 Å². The Hall–Kier alpha value is -2.82. The fourth-order valence-corrected chi connectivity index (χ4v) is 4.61. The number of carbonyl (C=O) groups excluding carboxylic acids is 2. The van der Waals surface area contributed by atoms with Crippen LogP contribution in [0.3, 0.4) is 0 Å². The third-order valence-electron chi connectivity index (χ3n) is 6.49. The molecule has 2 fully saturated rings. The average molecular weight is 421 g/mol. The van der Waals surface area contributed by atoms with Crippen LogP contribution in [0, 0.1) is 5.92 Å². The van der Waals surface area contributed by atoms with Crippen LogP contribution in [-0.2, 0) is 11.4 Å². The number of hydrogen-bond acceptors (Lipinski definition) is 3. The number of para-hydroxylation sites is 1. The van der Waals surface area contributed by atoms with E-state index in [9.17, 15) is 9.59 Å². The number of rotatable bonds is 6. The molecule has 2 aliphatic rings. The monoisotopic (exact) mass is 420 g/mol. The van der Waals surface area contributed by atoms with Crippen molar-refractivity contribution in [1.82, 2.24) is 10.2 Å². The molecule has 1 aliphatic heterocycles. The second-order valence-electron chi connectivity index (χ2n) is 8.67. The molecule has 1 N–H and O–H groups in total. The smallest absolute Gasteiger partial charge is 0.254 e. The lowest BCUT2D eigenvalue weighted by Gasteiger charge is -2.34. The summed E-state index contributed by atoms with van der Waals surface area (Å²) in [5.41, 5.74) is 1.59. The zero-order valence-corrected chi connectivity index (χ0v) is 18.1. The summed E-state index contributed by atoms with van der Waals surface area (Å²) in [6.45, 7) is 1.70. The molecule has 5 heteroatoms. The number of nitrogens with one attached hydrogen (secondary N) is 1. The van der Waals surface area contributed by atoms with Gasteiger partial charge < -0.3 is 15.0 Å². The zero-order chi connectivity index (χ0) is 21.5. The molecule has 0 aromatic heterocycles. The number of amides is 2. The summed E-state index contributed by atoms with van der Waals surface area (Å²) in [6, 6.07) is 17.5. The van der Waals surface area contributed by atoms with Gasteiger partial charge in [0.25, 0.3) is 5.91 Å². The Morgan fingerprint density at radius 2 is 1.55 bits per heavy atom. The summed E-state index contributed by atoms with van der Waals surface area (Å²) in [6.07, 6.45) is 7.24. The van der Waals surface area contributed by atoms with Crippen LogP contribution in [-0.4, -0.2) is 35.8 Å². The van der Waals surface area contributed by atoms with Crippen molar-refractivity contribution in [2.24, 2.45) is 5.92 Å². The van der Waals surface area contributed by atoms with Crippen LogP contribution in [0.2, 0.25) is 0 Å². The van der Waals surface area contributed by atoms with Gasteiger partial charge in [-0.3, -0.25) is 9.59 Å². The van der Waals surface area contributed by atoms with Crippen LogP contribution >= 0.6 is 0 Å². The first kappa shape index (κ1) is 21.4. The van der Waals surface area contributed by atoms with E-state index in [1.807, 2.05) is 59.5 Å². The molecule has 4 rings (SSSR count). The Morgan fingerprint density at radius 3 is 2.29 bits per heavy atom. The number of hydrogen-bond donors (Lipinski definition) is 1. The predicted molar refractivity (Wildman–Crippen MR) is 121 cm³/mol. The van der Waals surface area contributed by atoms with Gasteiger partial charge in [-0.1, -0.05) is 55.7 Å². The van der Waals surface area contributed by atoms with Crippen LogP contribution in [0.4, 0.5) is 0 Å². The maximum Gasteiger partial charge on any atom is 0.254 e. The molecule has 0 bridgehead atoms. The van der Waals surface area contributed by atoms with E-state index >= 15 is 0 Å². The number of nitrogens with zero attached hydrogens (tertiary/aromatic N) is 1. The standard InChI is InChI=1S/C26H32N2O3/c29-25(20-9-3-1-4-10-20)27-22-15-17-28(18-16-22)26(30)24-14-8-7-11-21(24)19-31-23-12-5-2-6-13-23/h2,5-8,11-14,20,22H,1,3-4,9-10,15-19H2,(H,27,29). The van der Waals surface area contributed by atoms with E-state index in [0.717, 1.165) is 37.0 Å². The highest BCUT2D eigenvalue weighted by Gasteiger charge is 2.28. The van der Waals surface area contributed by atoms with Crippen molar-refractivity contribution >= 4 is 11.8 Å². The number of carbonyl (C=O) groups is 2. The maximum absolute atomic E-state index is 13.2. The minimum atomic E-state index is 0.0457. The summed E-state index contributed by atoms with van der Waals surface area (Å²) in [5, 5.41) is 3.24. The van der Waals surface area contributed by atoms with Crippen LogP contribution < -0.4 is 10.1 Å². The lowest BCUT2D eigenvalue weighted by Crippen LogP contribution is -2.48. The number of likely N-dealkylation sites (tertiary alicyclic amines) is 1. The fourth-order valence-electron chi connectivity index (χ4n) is 4.61. The first-order valence-corrected chi connectivity index (χ1v) is 11.6. The molecule has 1 saturated carbocycles. The van der Waals surface area contributed by atoms with Crippen LogP contribution in [0.15, 0.2) is 54.6 Å². The Labute approximate surface area is 184 Å². The Bertz CT molecular complexity index is 869. The molecule has 0 atom stereocenters. The molecule has 1 saturated heterocycles. The number of ether oxygens (including phenoxy) is 1. The van der Waals surface area contributed by atoms with Crippen molar-refractivity contribution in [2.75, 3.05) is 13.1 Å². The summed E-state index contributed by atoms with van der Waals surface area (Å²) in [4.78, 5) is 27.6. The molecule has 1 aliphatic carbocycles. The van der Waals surface area contributed by atoms with Crippen molar-refractivity contribution in [3.8, 4) is 5.75 Å². The minimum Gasteiger partial charge on any atom is -0.489 e. The maximum atomic E-state index is 13.2. The predicted octanol–water partition coefficient (Wildman–Crippen LogP) is 4.57. The van der Waals surface area contributed by atoms with Gasteiger partial charge in [0, 0.05) is 36.2 Å². The Kier molecular flexibility index (Phi) is 7.23. The Morgan fingerprint density at radius 1 is 0.871 bits per heavy atom. The third kappa shape index (κ3) is 5.66. The lowest BCUT2D eigenvalue weighted by molar-refractivity contribution is -0.126. The SMILES string of the molecule is O=C(NC1CCN(C(=O)c2ccccc2COc2ccccc2)CC1)C1CCCCC1. The summed E-state index contributed by atoms with van der Waals surface area (Å²) in [7, 11) is 0. The van der Waals surface area contributed by atoms with Gasteiger partial charge in [-0.05, 0) is 43.9 Å². The quantitative estimate of drug-likeness (QED) is 0.745. The van der Waals surface area contributed by atoms with Crippen molar-refractivity contribution in [3.05, 3.63) is 65.7 Å². The number of benzene rings is 2. The minimum absolute atomic E-state index is 0.0457. The van der Waals surface area contributed by atoms with E-state index in [1.54, 1.807) is 0 Å². The normalized spacial score (nSPS) is 17.9. The molecule has 31 heavy (non-hydrogen) atoms. The largest absolute Gasteiger partial charge is 0.489 e. The molecular formula is C26H32N2O3. The average Bonchev–Trinajstić information content (AvgIpc) is 2.84.